The lowest BCUT2D eigenvalue weighted by Gasteiger charge is -2.26. The molecular weight excluding hydrogens is 634 g/mol. The van der Waals surface area contributed by atoms with Crippen molar-refractivity contribution in [2.75, 3.05) is 39.4 Å². The van der Waals surface area contributed by atoms with Crippen molar-refractivity contribution in [3.8, 4) is 0 Å². The van der Waals surface area contributed by atoms with E-state index in [0.717, 1.165) is 19.3 Å². The Labute approximate surface area is 283 Å². The molecule has 16 heteroatoms. The van der Waals surface area contributed by atoms with Crippen molar-refractivity contribution in [2.24, 2.45) is 0 Å². The number of nitrogens with one attached hydrogen (secondary N) is 2. The molecule has 0 rings (SSSR count). The molecule has 0 aliphatic carbocycles. The highest BCUT2D eigenvalue weighted by molar-refractivity contribution is 5.81. The van der Waals surface area contributed by atoms with E-state index in [-0.39, 0.29) is 44.9 Å². The van der Waals surface area contributed by atoms with E-state index in [1.807, 2.05) is 0 Å². The summed E-state index contributed by atoms with van der Waals surface area (Å²) < 4.78 is 0. The topological polar surface area (TPSA) is 281 Å². The van der Waals surface area contributed by atoms with E-state index < -0.39 is 73.9 Å². The molecule has 0 aliphatic rings. The lowest BCUT2D eigenvalue weighted by molar-refractivity contribution is -0.149. The van der Waals surface area contributed by atoms with E-state index >= 15 is 0 Å². The van der Waals surface area contributed by atoms with E-state index in [0.29, 0.717) is 12.8 Å². The van der Waals surface area contributed by atoms with Crippen molar-refractivity contribution in [1.29, 1.82) is 0 Å². The van der Waals surface area contributed by atoms with Gasteiger partial charge in [0.25, 0.3) is 11.8 Å². The number of rotatable bonds is 30. The minimum Gasteiger partial charge on any atom is -0.394 e. The maximum Gasteiger partial charge on any atom is 0.251 e. The molecule has 0 fully saturated rings. The zero-order valence-corrected chi connectivity index (χ0v) is 28.4. The highest BCUT2D eigenvalue weighted by Crippen LogP contribution is 2.13. The lowest BCUT2D eigenvalue weighted by Crippen LogP contribution is -2.52. The third-order valence-electron chi connectivity index (χ3n) is 8.20. The Morgan fingerprint density at radius 2 is 0.875 bits per heavy atom. The molecule has 16 nitrogen and oxygen atoms in total. The number of hydrogen-bond acceptors (Lipinski definition) is 13. The van der Waals surface area contributed by atoms with Gasteiger partial charge in [-0.15, -0.1) is 0 Å². The largest absolute Gasteiger partial charge is 0.394 e. The van der Waals surface area contributed by atoms with E-state index in [9.17, 15) is 55.2 Å². The van der Waals surface area contributed by atoms with Crippen LogP contribution in [-0.4, -0.2) is 162 Å². The number of aliphatic hydroxyl groups excluding tert-OH is 10. The molecule has 8 atom stereocenters. The van der Waals surface area contributed by atoms with Gasteiger partial charge in [0.1, 0.15) is 36.6 Å². The Morgan fingerprint density at radius 1 is 0.521 bits per heavy atom. The normalized spacial score (nSPS) is 16.6. The average Bonchev–Trinajstić information content (AvgIpc) is 3.09. The van der Waals surface area contributed by atoms with Gasteiger partial charge >= 0.3 is 0 Å². The second kappa shape index (κ2) is 27.8. The molecule has 0 radical (unpaired) electrons. The van der Waals surface area contributed by atoms with Crippen molar-refractivity contribution in [2.45, 2.75) is 146 Å². The fourth-order valence-corrected chi connectivity index (χ4v) is 4.99. The van der Waals surface area contributed by atoms with Crippen LogP contribution in [0.4, 0.5) is 0 Å². The van der Waals surface area contributed by atoms with Gasteiger partial charge in [-0.3, -0.25) is 14.4 Å². The molecule has 0 aromatic rings. The van der Waals surface area contributed by atoms with Crippen molar-refractivity contribution in [3.05, 3.63) is 0 Å². The Bertz CT molecular complexity index is 808. The number of aliphatic hydroxyl groups is 10. The van der Waals surface area contributed by atoms with Crippen LogP contribution in [0.5, 0.6) is 0 Å². The molecule has 0 bridgehead atoms. The first kappa shape index (κ1) is 46.0. The van der Waals surface area contributed by atoms with Gasteiger partial charge < -0.3 is 66.6 Å². The van der Waals surface area contributed by atoms with E-state index in [4.69, 9.17) is 10.2 Å². The SMILES string of the molecule is CCCCCCCCCCCCCC(=O)N(CCCNC(=O)[C@H](O)[C@@H](O)[C@H](O)[C@@H](O)CO)CCCNC(=O)[C@H](O)[C@@H](O)[C@H](O)[C@@H](O)CO. The molecule has 0 unspecified atom stereocenters. The molecule has 3 amide bonds. The fraction of sp³-hybridized carbons (Fsp3) is 0.906. The highest BCUT2D eigenvalue weighted by atomic mass is 16.4. The molecule has 0 saturated heterocycles. The first-order valence-corrected chi connectivity index (χ1v) is 17.3. The molecule has 0 aliphatic heterocycles. The van der Waals surface area contributed by atoms with Gasteiger partial charge in [0, 0.05) is 32.6 Å². The van der Waals surface area contributed by atoms with Crippen LogP contribution in [0.25, 0.3) is 0 Å². The molecule has 0 saturated carbocycles. The minimum absolute atomic E-state index is 0.00762. The number of hydrogen-bond donors (Lipinski definition) is 12. The van der Waals surface area contributed by atoms with Gasteiger partial charge in [0.2, 0.25) is 5.91 Å². The van der Waals surface area contributed by atoms with Gasteiger partial charge in [-0.05, 0) is 19.3 Å². The number of nitrogens with zero attached hydrogens (tertiary/aromatic N) is 1. The lowest BCUT2D eigenvalue weighted by atomic mass is 10.0. The van der Waals surface area contributed by atoms with E-state index in [2.05, 4.69) is 17.6 Å². The van der Waals surface area contributed by atoms with E-state index in [1.165, 1.54) is 44.9 Å². The molecule has 0 heterocycles. The second-order valence-corrected chi connectivity index (χ2v) is 12.3. The van der Waals surface area contributed by atoms with Crippen LogP contribution in [0.15, 0.2) is 0 Å². The predicted octanol–water partition coefficient (Wildman–Crippen LogP) is -2.60. The van der Waals surface area contributed by atoms with Crippen LogP contribution in [0.2, 0.25) is 0 Å². The van der Waals surface area contributed by atoms with Crippen molar-refractivity contribution < 1.29 is 65.4 Å². The van der Waals surface area contributed by atoms with Crippen LogP contribution < -0.4 is 10.6 Å². The number of carbonyl (C=O) groups is 3. The molecule has 0 spiro atoms. The molecule has 0 aromatic carbocycles. The van der Waals surface area contributed by atoms with Gasteiger partial charge in [-0.1, -0.05) is 71.1 Å². The maximum atomic E-state index is 13.1. The van der Waals surface area contributed by atoms with E-state index in [1.54, 1.807) is 4.90 Å². The van der Waals surface area contributed by atoms with Crippen LogP contribution in [-0.2, 0) is 14.4 Å². The zero-order valence-electron chi connectivity index (χ0n) is 28.4. The molecule has 12 N–H and O–H groups in total. The Hall–Kier alpha value is -1.99. The summed E-state index contributed by atoms with van der Waals surface area (Å²) in [6.07, 6.45) is -2.47. The van der Waals surface area contributed by atoms with Crippen LogP contribution in [0.3, 0.4) is 0 Å². The number of carbonyl (C=O) groups excluding carboxylic acids is 3. The quantitative estimate of drug-likeness (QED) is 0.0344. The van der Waals surface area contributed by atoms with Crippen molar-refractivity contribution >= 4 is 17.7 Å². The minimum atomic E-state index is -2.08. The van der Waals surface area contributed by atoms with Crippen LogP contribution >= 0.6 is 0 Å². The third-order valence-corrected chi connectivity index (χ3v) is 8.20. The Kier molecular flexibility index (Phi) is 26.6. The summed E-state index contributed by atoms with van der Waals surface area (Å²) in [6, 6.07) is 0. The van der Waals surface area contributed by atoms with Gasteiger partial charge in [-0.25, -0.2) is 0 Å². The monoisotopic (exact) mass is 697 g/mol. The summed E-state index contributed by atoms with van der Waals surface area (Å²) >= 11 is 0. The number of unbranched alkanes of at least 4 members (excludes halogenated alkanes) is 10. The maximum absolute atomic E-state index is 13.1. The fourth-order valence-electron chi connectivity index (χ4n) is 4.99. The summed E-state index contributed by atoms with van der Waals surface area (Å²) in [7, 11) is 0. The van der Waals surface area contributed by atoms with Gasteiger partial charge in [0.15, 0.2) is 12.2 Å². The summed E-state index contributed by atoms with van der Waals surface area (Å²) in [5.41, 5.74) is 0. The molecular formula is C32H63N3O13. The Morgan fingerprint density at radius 3 is 1.23 bits per heavy atom. The first-order chi connectivity index (χ1) is 22.8. The molecule has 48 heavy (non-hydrogen) atoms. The van der Waals surface area contributed by atoms with Crippen LogP contribution in [0.1, 0.15) is 96.8 Å². The zero-order chi connectivity index (χ0) is 36.5. The predicted molar refractivity (Wildman–Crippen MR) is 175 cm³/mol. The van der Waals surface area contributed by atoms with Crippen molar-refractivity contribution in [3.63, 3.8) is 0 Å². The smallest absolute Gasteiger partial charge is 0.251 e. The third kappa shape index (κ3) is 19.3. The average molecular weight is 698 g/mol. The molecule has 0 aromatic heterocycles. The number of amides is 3. The van der Waals surface area contributed by atoms with Crippen molar-refractivity contribution in [1.82, 2.24) is 15.5 Å². The standard InChI is InChI=1S/C32H63N3O13/c1-2-3-4-5-6-7-8-9-10-11-12-15-24(40)35(18-13-16-33-31(47)29(45)27(43)25(41)22(38)20-36)19-14-17-34-32(48)30(46)28(44)26(42)23(39)21-37/h22-23,25-30,36-39,41-46H,2-21H2,1H3,(H,33,47)(H,34,48)/t22-,23-,25+,26+,27-,28-,29+,30+/m0/s1. The highest BCUT2D eigenvalue weighted by Gasteiger charge is 2.35. The molecule has 284 valence electrons. The summed E-state index contributed by atoms with van der Waals surface area (Å²) in [5.74, 6) is -2.19. The summed E-state index contributed by atoms with van der Waals surface area (Å²) in [5, 5.41) is 101. The first-order valence-electron chi connectivity index (χ1n) is 17.3. The summed E-state index contributed by atoms with van der Waals surface area (Å²) in [4.78, 5) is 39.0. The Balaban J connectivity index is 4.86. The van der Waals surface area contributed by atoms with Gasteiger partial charge in [0.05, 0.1) is 13.2 Å². The van der Waals surface area contributed by atoms with Gasteiger partial charge in [-0.2, -0.15) is 0 Å². The van der Waals surface area contributed by atoms with Crippen LogP contribution in [0, 0.1) is 0 Å². The second-order valence-electron chi connectivity index (χ2n) is 12.3. The summed E-state index contributed by atoms with van der Waals surface area (Å²) in [6.45, 7) is 0.793.